The molecular formula is C18H26N2. The van der Waals surface area contributed by atoms with Crippen molar-refractivity contribution in [1.29, 1.82) is 0 Å². The molecule has 0 saturated heterocycles. The Kier molecular flexibility index (Phi) is 3.12. The van der Waals surface area contributed by atoms with Gasteiger partial charge >= 0.3 is 0 Å². The maximum atomic E-state index is 6.39. The first-order chi connectivity index (χ1) is 9.75. The Bertz CT molecular complexity index is 456. The minimum atomic E-state index is 0.152. The molecule has 2 heteroatoms. The lowest BCUT2D eigenvalue weighted by atomic mass is 9.95. The van der Waals surface area contributed by atoms with Crippen molar-refractivity contribution in [3.05, 3.63) is 35.9 Å². The van der Waals surface area contributed by atoms with E-state index in [9.17, 15) is 0 Å². The molecule has 1 aromatic rings. The molecule has 3 fully saturated rings. The van der Waals surface area contributed by atoms with Gasteiger partial charge in [-0.05, 0) is 61.0 Å². The third-order valence-electron chi connectivity index (χ3n) is 6.21. The Hall–Kier alpha value is -0.860. The third-order valence-corrected chi connectivity index (χ3v) is 6.21. The number of hydrogen-bond acceptors (Lipinski definition) is 2. The van der Waals surface area contributed by atoms with Crippen LogP contribution in [0.5, 0.6) is 0 Å². The van der Waals surface area contributed by atoms with E-state index in [1.54, 1.807) is 0 Å². The lowest BCUT2D eigenvalue weighted by Gasteiger charge is -2.21. The van der Waals surface area contributed by atoms with E-state index in [2.05, 4.69) is 42.6 Å². The van der Waals surface area contributed by atoms with Gasteiger partial charge in [-0.25, -0.2) is 0 Å². The molecule has 3 aliphatic rings. The summed E-state index contributed by atoms with van der Waals surface area (Å²) < 4.78 is 0. The van der Waals surface area contributed by atoms with E-state index < -0.39 is 0 Å². The summed E-state index contributed by atoms with van der Waals surface area (Å²) in [5.74, 6) is 4.65. The fraction of sp³-hybridized carbons (Fsp3) is 0.667. The van der Waals surface area contributed by atoms with E-state index in [1.807, 2.05) is 0 Å². The number of nitrogens with one attached hydrogen (secondary N) is 1. The van der Waals surface area contributed by atoms with Gasteiger partial charge in [0.15, 0.2) is 0 Å². The van der Waals surface area contributed by atoms with Gasteiger partial charge in [0.25, 0.3) is 0 Å². The highest BCUT2D eigenvalue weighted by Crippen LogP contribution is 2.65. The van der Waals surface area contributed by atoms with E-state index in [4.69, 9.17) is 5.73 Å². The highest BCUT2D eigenvalue weighted by atomic mass is 15.0. The van der Waals surface area contributed by atoms with Gasteiger partial charge in [0.1, 0.15) is 0 Å². The molecule has 2 nitrogen and oxygen atoms in total. The van der Waals surface area contributed by atoms with Crippen LogP contribution in [0.4, 0.5) is 0 Å². The second-order valence-electron chi connectivity index (χ2n) is 7.34. The van der Waals surface area contributed by atoms with Crippen molar-refractivity contribution >= 4 is 0 Å². The summed E-state index contributed by atoms with van der Waals surface area (Å²) in [6, 6.07) is 11.5. The van der Waals surface area contributed by atoms with Crippen molar-refractivity contribution in [3.8, 4) is 0 Å². The molecule has 0 spiro atoms. The quantitative estimate of drug-likeness (QED) is 0.863. The topological polar surface area (TPSA) is 38.0 Å². The highest BCUT2D eigenvalue weighted by Gasteiger charge is 2.64. The van der Waals surface area contributed by atoms with Gasteiger partial charge in [0.05, 0.1) is 0 Å². The molecule has 20 heavy (non-hydrogen) atoms. The lowest BCUT2D eigenvalue weighted by Crippen LogP contribution is -2.32. The van der Waals surface area contributed by atoms with Crippen molar-refractivity contribution in [2.45, 2.75) is 38.3 Å². The fourth-order valence-electron chi connectivity index (χ4n) is 5.05. The van der Waals surface area contributed by atoms with E-state index in [0.29, 0.717) is 5.92 Å². The summed E-state index contributed by atoms with van der Waals surface area (Å²) in [5, 5.41) is 3.83. The predicted octanol–water partition coefficient (Wildman–Crippen LogP) is 2.96. The lowest BCUT2D eigenvalue weighted by molar-refractivity contribution is 0.396. The molecule has 0 aromatic heterocycles. The molecule has 0 radical (unpaired) electrons. The minimum absolute atomic E-state index is 0.152. The van der Waals surface area contributed by atoms with Crippen molar-refractivity contribution < 1.29 is 0 Å². The summed E-state index contributed by atoms with van der Waals surface area (Å²) in [4.78, 5) is 0. The van der Waals surface area contributed by atoms with Crippen molar-refractivity contribution in [1.82, 2.24) is 5.32 Å². The Labute approximate surface area is 122 Å². The molecular weight excluding hydrogens is 244 g/mol. The zero-order chi connectivity index (χ0) is 13.7. The van der Waals surface area contributed by atoms with Crippen LogP contribution in [0, 0.1) is 29.6 Å². The van der Waals surface area contributed by atoms with Gasteiger partial charge in [-0.15, -0.1) is 0 Å². The fourth-order valence-corrected chi connectivity index (χ4v) is 5.05. The van der Waals surface area contributed by atoms with Gasteiger partial charge in [-0.3, -0.25) is 0 Å². The van der Waals surface area contributed by atoms with Crippen LogP contribution in [-0.4, -0.2) is 12.6 Å². The van der Waals surface area contributed by atoms with Gasteiger partial charge in [-0.2, -0.15) is 0 Å². The van der Waals surface area contributed by atoms with Crippen LogP contribution in [0.25, 0.3) is 0 Å². The summed E-state index contributed by atoms with van der Waals surface area (Å²) >= 11 is 0. The van der Waals surface area contributed by atoms with Crippen LogP contribution in [0.3, 0.4) is 0 Å². The van der Waals surface area contributed by atoms with Gasteiger partial charge < -0.3 is 11.1 Å². The van der Waals surface area contributed by atoms with E-state index >= 15 is 0 Å². The first kappa shape index (κ1) is 12.8. The molecule has 1 aromatic carbocycles. The van der Waals surface area contributed by atoms with Crippen molar-refractivity contribution in [3.63, 3.8) is 0 Å². The van der Waals surface area contributed by atoms with Crippen LogP contribution in [0.1, 0.15) is 37.8 Å². The summed E-state index contributed by atoms with van der Waals surface area (Å²) in [7, 11) is 0. The average molecular weight is 270 g/mol. The summed E-state index contributed by atoms with van der Waals surface area (Å²) in [6.45, 7) is 3.34. The molecule has 0 heterocycles. The molecule has 3 N–H and O–H groups in total. The first-order valence-electron chi connectivity index (χ1n) is 8.29. The standard InChI is InChI=1S/C18H26N2/c1-11(17(19)12-5-3-2-4-6-12)10-20-18-15-13-7-8-14(9-13)16(15)18/h2-6,11,13-18,20H,7-10,19H2,1H3. The highest BCUT2D eigenvalue weighted by molar-refractivity contribution is 5.20. The smallest absolute Gasteiger partial charge is 0.0333 e. The van der Waals surface area contributed by atoms with Crippen LogP contribution in [-0.2, 0) is 0 Å². The van der Waals surface area contributed by atoms with Gasteiger partial charge in [0.2, 0.25) is 0 Å². The van der Waals surface area contributed by atoms with Crippen LogP contribution < -0.4 is 11.1 Å². The third kappa shape index (κ3) is 2.01. The van der Waals surface area contributed by atoms with Crippen molar-refractivity contribution in [2.75, 3.05) is 6.54 Å². The number of hydrogen-bond donors (Lipinski definition) is 2. The number of rotatable bonds is 5. The minimum Gasteiger partial charge on any atom is -0.324 e. The maximum absolute atomic E-state index is 6.39. The zero-order valence-corrected chi connectivity index (χ0v) is 12.3. The molecule has 6 unspecified atom stereocenters. The van der Waals surface area contributed by atoms with Crippen LogP contribution >= 0.6 is 0 Å². The van der Waals surface area contributed by atoms with Crippen molar-refractivity contribution in [2.24, 2.45) is 35.3 Å². The number of nitrogens with two attached hydrogens (primary N) is 1. The largest absolute Gasteiger partial charge is 0.324 e. The van der Waals surface area contributed by atoms with Gasteiger partial charge in [0, 0.05) is 12.1 Å². The van der Waals surface area contributed by atoms with Gasteiger partial charge in [-0.1, -0.05) is 37.3 Å². The maximum Gasteiger partial charge on any atom is 0.0333 e. The second kappa shape index (κ2) is 4.85. The molecule has 0 amide bonds. The Morgan fingerprint density at radius 2 is 1.80 bits per heavy atom. The molecule has 2 bridgehead atoms. The SMILES string of the molecule is CC(CNC1C2C3CCC(C3)C12)C(N)c1ccccc1. The number of benzene rings is 1. The normalized spacial score (nSPS) is 40.4. The first-order valence-corrected chi connectivity index (χ1v) is 8.29. The average Bonchev–Trinajstić information content (AvgIpc) is 2.88. The second-order valence-corrected chi connectivity index (χ2v) is 7.34. The molecule has 108 valence electrons. The van der Waals surface area contributed by atoms with Crippen LogP contribution in [0.2, 0.25) is 0 Å². The molecule has 3 saturated carbocycles. The van der Waals surface area contributed by atoms with E-state index in [1.165, 1.54) is 24.8 Å². The molecule has 4 rings (SSSR count). The number of fused-ring (bicyclic) bond motifs is 5. The molecule has 3 aliphatic carbocycles. The molecule has 6 atom stereocenters. The summed E-state index contributed by atoms with van der Waals surface area (Å²) in [5.41, 5.74) is 7.65. The summed E-state index contributed by atoms with van der Waals surface area (Å²) in [6.07, 6.45) is 4.54. The zero-order valence-electron chi connectivity index (χ0n) is 12.3. The predicted molar refractivity (Wildman–Crippen MR) is 82.1 cm³/mol. The Balaban J connectivity index is 1.30. The Morgan fingerprint density at radius 1 is 1.15 bits per heavy atom. The van der Waals surface area contributed by atoms with E-state index in [-0.39, 0.29) is 6.04 Å². The monoisotopic (exact) mass is 270 g/mol. The Morgan fingerprint density at radius 3 is 2.45 bits per heavy atom. The van der Waals surface area contributed by atoms with E-state index in [0.717, 1.165) is 36.3 Å². The molecule has 0 aliphatic heterocycles. The van der Waals surface area contributed by atoms with Crippen LogP contribution in [0.15, 0.2) is 30.3 Å².